The van der Waals surface area contributed by atoms with Crippen molar-refractivity contribution in [3.63, 3.8) is 0 Å². The molecule has 0 unspecified atom stereocenters. The molecule has 0 spiro atoms. The Morgan fingerprint density at radius 3 is 2.50 bits per heavy atom. The summed E-state index contributed by atoms with van der Waals surface area (Å²) in [6, 6.07) is 16.1. The lowest BCUT2D eigenvalue weighted by Gasteiger charge is -2.11. The van der Waals surface area contributed by atoms with Gasteiger partial charge in [0.2, 0.25) is 5.91 Å². The molecule has 0 aliphatic rings. The molecule has 2 aromatic carbocycles. The van der Waals surface area contributed by atoms with E-state index in [-0.39, 0.29) is 5.91 Å². The Morgan fingerprint density at radius 2 is 1.80 bits per heavy atom. The van der Waals surface area contributed by atoms with Gasteiger partial charge in [-0.2, -0.15) is 0 Å². The van der Waals surface area contributed by atoms with Gasteiger partial charge in [-0.25, -0.2) is 0 Å². The van der Waals surface area contributed by atoms with E-state index in [0.29, 0.717) is 6.42 Å². The standard InChI is InChI=1S/C16H17BrN2O/c1-18-16(20)10-13-4-2-3-5-15(13)19-11-12-6-8-14(17)9-7-12/h2-9,19H,10-11H2,1H3,(H,18,20). The molecule has 4 heteroatoms. The van der Waals surface area contributed by atoms with E-state index in [4.69, 9.17) is 0 Å². The van der Waals surface area contributed by atoms with Crippen molar-refractivity contribution in [2.45, 2.75) is 13.0 Å². The molecule has 1 amide bonds. The number of anilines is 1. The zero-order valence-electron chi connectivity index (χ0n) is 11.3. The van der Waals surface area contributed by atoms with Crippen molar-refractivity contribution in [3.05, 3.63) is 64.1 Å². The van der Waals surface area contributed by atoms with Crippen molar-refractivity contribution >= 4 is 27.5 Å². The molecule has 2 N–H and O–H groups in total. The van der Waals surface area contributed by atoms with E-state index in [0.717, 1.165) is 22.3 Å². The molecular formula is C16H17BrN2O. The normalized spacial score (nSPS) is 10.1. The number of likely N-dealkylation sites (N-methyl/N-ethyl adjacent to an activating group) is 1. The smallest absolute Gasteiger partial charge is 0.224 e. The second-order valence-electron chi connectivity index (χ2n) is 4.49. The molecule has 0 radical (unpaired) electrons. The van der Waals surface area contributed by atoms with Gasteiger partial charge in [-0.1, -0.05) is 46.3 Å². The van der Waals surface area contributed by atoms with Crippen LogP contribution in [0.25, 0.3) is 0 Å². The average molecular weight is 333 g/mol. The summed E-state index contributed by atoms with van der Waals surface area (Å²) in [5.41, 5.74) is 3.20. The molecule has 0 atom stereocenters. The Bertz CT molecular complexity index is 581. The van der Waals surface area contributed by atoms with Gasteiger partial charge in [0.1, 0.15) is 0 Å². The lowest BCUT2D eigenvalue weighted by atomic mass is 10.1. The largest absolute Gasteiger partial charge is 0.381 e. The maximum atomic E-state index is 11.5. The second-order valence-corrected chi connectivity index (χ2v) is 5.40. The fourth-order valence-electron chi connectivity index (χ4n) is 1.91. The molecule has 0 saturated heterocycles. The highest BCUT2D eigenvalue weighted by molar-refractivity contribution is 9.10. The number of para-hydroxylation sites is 1. The first kappa shape index (κ1) is 14.6. The SMILES string of the molecule is CNC(=O)Cc1ccccc1NCc1ccc(Br)cc1. The summed E-state index contributed by atoms with van der Waals surface area (Å²) in [6.07, 6.45) is 0.389. The van der Waals surface area contributed by atoms with Gasteiger partial charge in [-0.15, -0.1) is 0 Å². The number of rotatable bonds is 5. The number of hydrogen-bond acceptors (Lipinski definition) is 2. The number of benzene rings is 2. The van der Waals surface area contributed by atoms with Crippen LogP contribution in [0.3, 0.4) is 0 Å². The van der Waals surface area contributed by atoms with Crippen LogP contribution in [0, 0.1) is 0 Å². The lowest BCUT2D eigenvalue weighted by Crippen LogP contribution is -2.20. The van der Waals surface area contributed by atoms with Gasteiger partial charge in [-0.3, -0.25) is 4.79 Å². The van der Waals surface area contributed by atoms with E-state index in [1.54, 1.807) is 7.05 Å². The van der Waals surface area contributed by atoms with Crippen molar-refractivity contribution < 1.29 is 4.79 Å². The van der Waals surface area contributed by atoms with Crippen LogP contribution in [0.5, 0.6) is 0 Å². The highest BCUT2D eigenvalue weighted by atomic mass is 79.9. The van der Waals surface area contributed by atoms with Crippen LogP contribution >= 0.6 is 15.9 Å². The van der Waals surface area contributed by atoms with E-state index in [2.05, 4.69) is 38.7 Å². The Morgan fingerprint density at radius 1 is 1.10 bits per heavy atom. The van der Waals surface area contributed by atoms with Crippen LogP contribution in [0.4, 0.5) is 5.69 Å². The first-order valence-electron chi connectivity index (χ1n) is 6.46. The highest BCUT2D eigenvalue weighted by Gasteiger charge is 2.06. The number of carbonyl (C=O) groups is 1. The molecule has 0 saturated carbocycles. The van der Waals surface area contributed by atoms with Crippen molar-refractivity contribution in [3.8, 4) is 0 Å². The number of halogens is 1. The second kappa shape index (κ2) is 7.10. The van der Waals surface area contributed by atoms with Gasteiger partial charge < -0.3 is 10.6 Å². The van der Waals surface area contributed by atoms with Crippen molar-refractivity contribution in [1.29, 1.82) is 0 Å². The minimum Gasteiger partial charge on any atom is -0.381 e. The zero-order chi connectivity index (χ0) is 14.4. The molecular weight excluding hydrogens is 316 g/mol. The topological polar surface area (TPSA) is 41.1 Å². The number of carbonyl (C=O) groups excluding carboxylic acids is 1. The molecule has 104 valence electrons. The minimum absolute atomic E-state index is 0.0166. The zero-order valence-corrected chi connectivity index (χ0v) is 12.9. The maximum Gasteiger partial charge on any atom is 0.224 e. The molecule has 0 fully saturated rings. The first-order chi connectivity index (χ1) is 9.69. The molecule has 0 aliphatic carbocycles. The third-order valence-corrected chi connectivity index (χ3v) is 3.57. The summed E-state index contributed by atoms with van der Waals surface area (Å²) in [5.74, 6) is 0.0166. The molecule has 3 nitrogen and oxygen atoms in total. The first-order valence-corrected chi connectivity index (χ1v) is 7.25. The average Bonchev–Trinajstić information content (AvgIpc) is 2.48. The molecule has 0 heterocycles. The summed E-state index contributed by atoms with van der Waals surface area (Å²) in [6.45, 7) is 0.734. The van der Waals surface area contributed by atoms with Crippen LogP contribution in [0.1, 0.15) is 11.1 Å². The molecule has 2 rings (SSSR count). The van der Waals surface area contributed by atoms with Crippen LogP contribution in [-0.4, -0.2) is 13.0 Å². The van der Waals surface area contributed by atoms with E-state index < -0.39 is 0 Å². The van der Waals surface area contributed by atoms with E-state index >= 15 is 0 Å². The van der Waals surface area contributed by atoms with Gasteiger partial charge in [-0.05, 0) is 29.3 Å². The summed E-state index contributed by atoms with van der Waals surface area (Å²) in [5, 5.41) is 6.03. The summed E-state index contributed by atoms with van der Waals surface area (Å²) in [7, 11) is 1.65. The van der Waals surface area contributed by atoms with Gasteiger partial charge >= 0.3 is 0 Å². The number of amides is 1. The fourth-order valence-corrected chi connectivity index (χ4v) is 2.17. The molecule has 20 heavy (non-hydrogen) atoms. The monoisotopic (exact) mass is 332 g/mol. The summed E-state index contributed by atoms with van der Waals surface area (Å²) >= 11 is 3.42. The van der Waals surface area contributed by atoms with E-state index in [1.165, 1.54) is 5.56 Å². The number of hydrogen-bond donors (Lipinski definition) is 2. The fraction of sp³-hybridized carbons (Fsp3) is 0.188. The lowest BCUT2D eigenvalue weighted by molar-refractivity contribution is -0.119. The number of nitrogens with one attached hydrogen (secondary N) is 2. The summed E-state index contributed by atoms with van der Waals surface area (Å²) in [4.78, 5) is 11.5. The van der Waals surface area contributed by atoms with E-state index in [1.807, 2.05) is 36.4 Å². The summed E-state index contributed by atoms with van der Waals surface area (Å²) < 4.78 is 1.07. The van der Waals surface area contributed by atoms with Crippen molar-refractivity contribution in [2.75, 3.05) is 12.4 Å². The van der Waals surface area contributed by atoms with Gasteiger partial charge in [0.15, 0.2) is 0 Å². The van der Waals surface area contributed by atoms with E-state index in [9.17, 15) is 4.79 Å². The third kappa shape index (κ3) is 4.10. The van der Waals surface area contributed by atoms with Gasteiger partial charge in [0.25, 0.3) is 0 Å². The highest BCUT2D eigenvalue weighted by Crippen LogP contribution is 2.17. The Hall–Kier alpha value is -1.81. The molecule has 0 bridgehead atoms. The Kier molecular flexibility index (Phi) is 5.18. The van der Waals surface area contributed by atoms with Crippen molar-refractivity contribution in [2.24, 2.45) is 0 Å². The predicted molar refractivity (Wildman–Crippen MR) is 85.7 cm³/mol. The van der Waals surface area contributed by atoms with Crippen LogP contribution in [0.2, 0.25) is 0 Å². The van der Waals surface area contributed by atoms with Crippen LogP contribution < -0.4 is 10.6 Å². The maximum absolute atomic E-state index is 11.5. The molecule has 2 aromatic rings. The minimum atomic E-state index is 0.0166. The molecule has 0 aromatic heterocycles. The van der Waals surface area contributed by atoms with Crippen LogP contribution in [0.15, 0.2) is 53.0 Å². The predicted octanol–water partition coefficient (Wildman–Crippen LogP) is 3.35. The molecule has 0 aliphatic heterocycles. The Balaban J connectivity index is 2.05. The quantitative estimate of drug-likeness (QED) is 0.881. The van der Waals surface area contributed by atoms with Gasteiger partial charge in [0, 0.05) is 23.8 Å². The van der Waals surface area contributed by atoms with Crippen LogP contribution in [-0.2, 0) is 17.8 Å². The van der Waals surface area contributed by atoms with Crippen molar-refractivity contribution in [1.82, 2.24) is 5.32 Å². The third-order valence-electron chi connectivity index (χ3n) is 3.04. The van der Waals surface area contributed by atoms with Gasteiger partial charge in [0.05, 0.1) is 6.42 Å². The Labute approximate surface area is 127 Å².